The lowest BCUT2D eigenvalue weighted by molar-refractivity contribution is 0.581. The highest BCUT2D eigenvalue weighted by molar-refractivity contribution is 5.92. The SMILES string of the molecule is N=C(N)/C=C/c1ccc(F)cc1F. The van der Waals surface area contributed by atoms with Crippen molar-refractivity contribution in [1.82, 2.24) is 0 Å². The summed E-state index contributed by atoms with van der Waals surface area (Å²) in [5, 5.41) is 6.85. The number of benzene rings is 1. The van der Waals surface area contributed by atoms with Gasteiger partial charge in [0.25, 0.3) is 0 Å². The Balaban J connectivity index is 2.96. The van der Waals surface area contributed by atoms with E-state index in [0.29, 0.717) is 0 Å². The van der Waals surface area contributed by atoms with Crippen LogP contribution in [0.25, 0.3) is 6.08 Å². The van der Waals surface area contributed by atoms with E-state index < -0.39 is 11.6 Å². The minimum atomic E-state index is -0.669. The van der Waals surface area contributed by atoms with Crippen molar-refractivity contribution in [2.75, 3.05) is 0 Å². The minimum Gasteiger partial charge on any atom is -0.384 e. The number of halogens is 2. The molecule has 13 heavy (non-hydrogen) atoms. The highest BCUT2D eigenvalue weighted by Gasteiger charge is 1.99. The first kappa shape index (κ1) is 9.38. The van der Waals surface area contributed by atoms with Crippen molar-refractivity contribution in [1.29, 1.82) is 5.41 Å². The molecule has 0 aliphatic heterocycles. The molecule has 0 unspecified atom stereocenters. The molecule has 0 aliphatic carbocycles. The molecule has 0 saturated heterocycles. The van der Waals surface area contributed by atoms with Gasteiger partial charge in [-0.15, -0.1) is 0 Å². The van der Waals surface area contributed by atoms with E-state index in [9.17, 15) is 8.78 Å². The Hall–Kier alpha value is -1.71. The second-order valence-electron chi connectivity index (χ2n) is 2.45. The Bertz CT molecular complexity index is 359. The molecule has 0 spiro atoms. The van der Waals surface area contributed by atoms with Gasteiger partial charge in [-0.2, -0.15) is 0 Å². The molecule has 0 heterocycles. The number of hydrogen-bond acceptors (Lipinski definition) is 1. The minimum absolute atomic E-state index is 0.177. The maximum atomic E-state index is 12.9. The third kappa shape index (κ3) is 2.66. The van der Waals surface area contributed by atoms with Gasteiger partial charge in [0.2, 0.25) is 0 Å². The summed E-state index contributed by atoms with van der Waals surface area (Å²) in [5.74, 6) is -1.47. The number of nitrogens with two attached hydrogens (primary N) is 1. The van der Waals surface area contributed by atoms with E-state index in [1.54, 1.807) is 0 Å². The summed E-state index contributed by atoms with van der Waals surface area (Å²) in [6.45, 7) is 0. The third-order valence-corrected chi connectivity index (χ3v) is 1.40. The number of rotatable bonds is 2. The summed E-state index contributed by atoms with van der Waals surface area (Å²) in [4.78, 5) is 0. The molecule has 0 atom stereocenters. The quantitative estimate of drug-likeness (QED) is 0.532. The summed E-state index contributed by atoms with van der Waals surface area (Å²) in [5.41, 5.74) is 5.23. The van der Waals surface area contributed by atoms with Crippen molar-refractivity contribution < 1.29 is 8.78 Å². The molecule has 2 nitrogen and oxygen atoms in total. The second-order valence-corrected chi connectivity index (χ2v) is 2.45. The molecule has 0 aromatic heterocycles. The third-order valence-electron chi connectivity index (χ3n) is 1.40. The van der Waals surface area contributed by atoms with Crippen molar-refractivity contribution in [2.24, 2.45) is 5.73 Å². The molecular formula is C9H8F2N2. The van der Waals surface area contributed by atoms with Gasteiger partial charge in [0.05, 0.1) is 0 Å². The molecule has 0 bridgehead atoms. The molecule has 0 aliphatic rings. The lowest BCUT2D eigenvalue weighted by Gasteiger charge is -1.95. The number of amidine groups is 1. The normalized spacial score (nSPS) is 10.6. The molecule has 4 heteroatoms. The Morgan fingerprint density at radius 3 is 2.62 bits per heavy atom. The molecule has 68 valence electrons. The molecule has 0 amide bonds. The Morgan fingerprint density at radius 1 is 1.38 bits per heavy atom. The zero-order valence-corrected chi connectivity index (χ0v) is 6.72. The zero-order chi connectivity index (χ0) is 9.84. The fraction of sp³-hybridized carbons (Fsp3) is 0. The predicted octanol–water partition coefficient (Wildman–Crippen LogP) is 1.91. The van der Waals surface area contributed by atoms with Crippen LogP contribution in [0.5, 0.6) is 0 Å². The lowest BCUT2D eigenvalue weighted by Crippen LogP contribution is -2.04. The van der Waals surface area contributed by atoms with Crippen LogP contribution in [0.1, 0.15) is 5.56 Å². The maximum absolute atomic E-state index is 12.9. The van der Waals surface area contributed by atoms with Crippen LogP contribution in [0.2, 0.25) is 0 Å². The summed E-state index contributed by atoms with van der Waals surface area (Å²) < 4.78 is 25.3. The monoisotopic (exact) mass is 182 g/mol. The average molecular weight is 182 g/mol. The van der Waals surface area contributed by atoms with Crippen LogP contribution >= 0.6 is 0 Å². The van der Waals surface area contributed by atoms with Crippen molar-refractivity contribution in [2.45, 2.75) is 0 Å². The smallest absolute Gasteiger partial charge is 0.133 e. The van der Waals surface area contributed by atoms with Crippen LogP contribution in [-0.2, 0) is 0 Å². The second kappa shape index (κ2) is 3.80. The van der Waals surface area contributed by atoms with E-state index in [0.717, 1.165) is 12.1 Å². The van der Waals surface area contributed by atoms with Crippen LogP contribution in [0.3, 0.4) is 0 Å². The van der Waals surface area contributed by atoms with Gasteiger partial charge in [-0.3, -0.25) is 5.41 Å². The van der Waals surface area contributed by atoms with Crippen LogP contribution in [0.15, 0.2) is 24.3 Å². The van der Waals surface area contributed by atoms with E-state index >= 15 is 0 Å². The van der Waals surface area contributed by atoms with Crippen molar-refractivity contribution in [3.05, 3.63) is 41.5 Å². The highest BCUT2D eigenvalue weighted by Crippen LogP contribution is 2.10. The van der Waals surface area contributed by atoms with Crippen LogP contribution < -0.4 is 5.73 Å². The van der Waals surface area contributed by atoms with Crippen molar-refractivity contribution in [3.63, 3.8) is 0 Å². The van der Waals surface area contributed by atoms with Crippen LogP contribution in [-0.4, -0.2) is 5.84 Å². The molecule has 1 aromatic rings. The van der Waals surface area contributed by atoms with Gasteiger partial charge in [0, 0.05) is 11.6 Å². The largest absolute Gasteiger partial charge is 0.384 e. The lowest BCUT2D eigenvalue weighted by atomic mass is 10.2. The summed E-state index contributed by atoms with van der Waals surface area (Å²) in [6, 6.07) is 3.20. The topological polar surface area (TPSA) is 49.9 Å². The highest BCUT2D eigenvalue weighted by atomic mass is 19.1. The summed E-state index contributed by atoms with van der Waals surface area (Å²) in [7, 11) is 0. The van der Waals surface area contributed by atoms with Gasteiger partial charge in [-0.1, -0.05) is 0 Å². The summed E-state index contributed by atoms with van der Waals surface area (Å²) in [6.07, 6.45) is 2.55. The molecule has 0 saturated carbocycles. The van der Waals surface area contributed by atoms with E-state index in [1.807, 2.05) is 0 Å². The van der Waals surface area contributed by atoms with Crippen molar-refractivity contribution >= 4 is 11.9 Å². The zero-order valence-electron chi connectivity index (χ0n) is 6.72. The van der Waals surface area contributed by atoms with E-state index in [1.165, 1.54) is 18.2 Å². The molecule has 3 N–H and O–H groups in total. The predicted molar refractivity (Wildman–Crippen MR) is 47.3 cm³/mol. The first-order valence-corrected chi connectivity index (χ1v) is 3.57. The van der Waals surface area contributed by atoms with Gasteiger partial charge >= 0.3 is 0 Å². The Labute approximate surface area is 74.2 Å². The molecule has 0 fully saturated rings. The fourth-order valence-electron chi connectivity index (χ4n) is 0.816. The van der Waals surface area contributed by atoms with E-state index in [-0.39, 0.29) is 11.4 Å². The first-order valence-electron chi connectivity index (χ1n) is 3.57. The van der Waals surface area contributed by atoms with Gasteiger partial charge in [-0.05, 0) is 24.3 Å². The average Bonchev–Trinajstić information content (AvgIpc) is 2.02. The standard InChI is InChI=1S/C9H8F2N2/c10-7-3-1-6(8(11)5-7)2-4-9(12)13/h1-5H,(H3,12,13)/b4-2+. The van der Waals surface area contributed by atoms with Gasteiger partial charge in [0.1, 0.15) is 17.5 Å². The maximum Gasteiger partial charge on any atom is 0.133 e. The molecule has 1 rings (SSSR count). The number of hydrogen-bond donors (Lipinski definition) is 2. The Kier molecular flexibility index (Phi) is 2.74. The van der Waals surface area contributed by atoms with Crippen LogP contribution in [0.4, 0.5) is 8.78 Å². The molecule has 1 aromatic carbocycles. The number of nitrogens with one attached hydrogen (secondary N) is 1. The van der Waals surface area contributed by atoms with E-state index in [4.69, 9.17) is 11.1 Å². The van der Waals surface area contributed by atoms with Gasteiger partial charge < -0.3 is 5.73 Å². The fourth-order valence-corrected chi connectivity index (χ4v) is 0.816. The van der Waals surface area contributed by atoms with E-state index in [2.05, 4.69) is 0 Å². The van der Waals surface area contributed by atoms with Crippen LogP contribution in [0, 0.1) is 17.0 Å². The first-order chi connectivity index (χ1) is 6.09. The Morgan fingerprint density at radius 2 is 2.08 bits per heavy atom. The molecular weight excluding hydrogens is 174 g/mol. The van der Waals surface area contributed by atoms with Gasteiger partial charge in [0.15, 0.2) is 0 Å². The molecule has 0 radical (unpaired) electrons. The summed E-state index contributed by atoms with van der Waals surface area (Å²) >= 11 is 0. The van der Waals surface area contributed by atoms with Gasteiger partial charge in [-0.25, -0.2) is 8.78 Å². The van der Waals surface area contributed by atoms with Crippen molar-refractivity contribution in [3.8, 4) is 0 Å².